The Hall–Kier alpha value is -4.63. The standard InChI is InChI=1S/C35H31ClN2O7/c1-35-25(32(41)38(34(35)43)19-7-5-4-6-8-19)17-24-22(30(35)29-26(39)15-21(44-2)16-27(29)45-3)13-14-23-28(24)33(42)37(31(23)40)20-11-9-18(36)10-12-20/h4-13,15-16,23-25,28,30,39H,14,17H2,1-3H3/t23-,24+,25-,28-,30+,35+/m0/s1. The zero-order chi connectivity index (χ0) is 31.8. The summed E-state index contributed by atoms with van der Waals surface area (Å²) in [5.74, 6) is -4.54. The van der Waals surface area contributed by atoms with E-state index in [1.54, 1.807) is 67.6 Å². The highest BCUT2D eigenvalue weighted by Crippen LogP contribution is 2.65. The predicted octanol–water partition coefficient (Wildman–Crippen LogP) is 5.50. The molecule has 0 bridgehead atoms. The molecule has 0 radical (unpaired) electrons. The third-order valence-electron chi connectivity index (χ3n) is 10.2. The fourth-order valence-electron chi connectivity index (χ4n) is 8.16. The van der Waals surface area contributed by atoms with Gasteiger partial charge in [0.2, 0.25) is 23.6 Å². The van der Waals surface area contributed by atoms with Gasteiger partial charge in [-0.2, -0.15) is 0 Å². The molecule has 4 aliphatic rings. The van der Waals surface area contributed by atoms with Gasteiger partial charge in [-0.1, -0.05) is 41.4 Å². The number of allylic oxidation sites excluding steroid dienone is 2. The molecule has 9 nitrogen and oxygen atoms in total. The largest absolute Gasteiger partial charge is 0.507 e. The number of carbonyl (C=O) groups excluding carboxylic acids is 4. The van der Waals surface area contributed by atoms with Gasteiger partial charge in [0.25, 0.3) is 0 Å². The number of nitrogens with zero attached hydrogens (tertiary/aromatic N) is 2. The summed E-state index contributed by atoms with van der Waals surface area (Å²) in [5.41, 5.74) is 0.623. The van der Waals surface area contributed by atoms with Crippen LogP contribution in [0.4, 0.5) is 11.4 Å². The van der Waals surface area contributed by atoms with Crippen LogP contribution in [0.3, 0.4) is 0 Å². The van der Waals surface area contributed by atoms with E-state index in [0.29, 0.717) is 27.7 Å². The van der Waals surface area contributed by atoms with Gasteiger partial charge in [-0.3, -0.25) is 24.1 Å². The van der Waals surface area contributed by atoms with Crippen LogP contribution in [0.2, 0.25) is 5.02 Å². The molecule has 3 aromatic carbocycles. The molecular weight excluding hydrogens is 596 g/mol. The molecule has 230 valence electrons. The molecule has 45 heavy (non-hydrogen) atoms. The number of phenolic OH excluding ortho intramolecular Hbond substituents is 1. The molecule has 2 aliphatic heterocycles. The first-order chi connectivity index (χ1) is 21.6. The van der Waals surface area contributed by atoms with E-state index in [-0.39, 0.29) is 42.1 Å². The molecule has 1 saturated carbocycles. The number of amides is 4. The minimum absolute atomic E-state index is 0.158. The van der Waals surface area contributed by atoms with Crippen LogP contribution in [0.15, 0.2) is 78.4 Å². The van der Waals surface area contributed by atoms with Crippen molar-refractivity contribution in [1.29, 1.82) is 0 Å². The van der Waals surface area contributed by atoms with E-state index in [0.717, 1.165) is 5.57 Å². The Morgan fingerprint density at radius 2 is 1.53 bits per heavy atom. The van der Waals surface area contributed by atoms with Crippen LogP contribution >= 0.6 is 11.6 Å². The van der Waals surface area contributed by atoms with Gasteiger partial charge in [0.15, 0.2) is 0 Å². The second kappa shape index (κ2) is 10.5. The van der Waals surface area contributed by atoms with E-state index in [1.165, 1.54) is 30.1 Å². The van der Waals surface area contributed by atoms with Crippen molar-refractivity contribution in [3.8, 4) is 17.2 Å². The van der Waals surface area contributed by atoms with Gasteiger partial charge in [0.1, 0.15) is 17.2 Å². The topological polar surface area (TPSA) is 113 Å². The number of carbonyl (C=O) groups is 4. The Balaban J connectivity index is 1.41. The van der Waals surface area contributed by atoms with Crippen molar-refractivity contribution in [1.82, 2.24) is 0 Å². The van der Waals surface area contributed by atoms with Crippen LogP contribution in [0.5, 0.6) is 17.2 Å². The number of ether oxygens (including phenoxy) is 2. The van der Waals surface area contributed by atoms with Gasteiger partial charge in [0.05, 0.1) is 48.8 Å². The predicted molar refractivity (Wildman–Crippen MR) is 166 cm³/mol. The average molecular weight is 627 g/mol. The highest BCUT2D eigenvalue weighted by molar-refractivity contribution is 6.31. The normalized spacial score (nSPS) is 28.9. The van der Waals surface area contributed by atoms with Crippen LogP contribution in [0, 0.1) is 29.1 Å². The number of phenols is 1. The molecule has 4 amide bonds. The van der Waals surface area contributed by atoms with Crippen LogP contribution in [0.25, 0.3) is 0 Å². The minimum atomic E-state index is -1.33. The molecule has 1 N–H and O–H groups in total. The Kier molecular flexibility index (Phi) is 6.78. The van der Waals surface area contributed by atoms with Crippen LogP contribution < -0.4 is 19.3 Å². The number of imide groups is 2. The van der Waals surface area contributed by atoms with Gasteiger partial charge < -0.3 is 14.6 Å². The number of rotatable bonds is 5. The van der Waals surface area contributed by atoms with Crippen molar-refractivity contribution in [3.63, 3.8) is 0 Å². The minimum Gasteiger partial charge on any atom is -0.507 e. The lowest BCUT2D eigenvalue weighted by Crippen LogP contribution is -2.49. The van der Waals surface area contributed by atoms with Gasteiger partial charge in [-0.25, -0.2) is 4.90 Å². The highest BCUT2D eigenvalue weighted by Gasteiger charge is 2.68. The molecule has 3 fully saturated rings. The number of para-hydroxylation sites is 1. The fourth-order valence-corrected chi connectivity index (χ4v) is 8.28. The molecule has 10 heteroatoms. The van der Waals surface area contributed by atoms with Gasteiger partial charge in [-0.15, -0.1) is 0 Å². The van der Waals surface area contributed by atoms with Gasteiger partial charge >= 0.3 is 0 Å². The molecule has 2 aliphatic carbocycles. The maximum atomic E-state index is 14.6. The Bertz CT molecular complexity index is 1790. The summed E-state index contributed by atoms with van der Waals surface area (Å²) < 4.78 is 11.1. The van der Waals surface area contributed by atoms with Crippen LogP contribution in [-0.2, 0) is 19.2 Å². The van der Waals surface area contributed by atoms with Crippen molar-refractivity contribution in [3.05, 3.63) is 89.0 Å². The second-order valence-corrected chi connectivity index (χ2v) is 12.7. The Labute approximate surface area is 265 Å². The smallest absolute Gasteiger partial charge is 0.241 e. The lowest BCUT2D eigenvalue weighted by molar-refractivity contribution is -0.131. The third-order valence-corrected chi connectivity index (χ3v) is 10.5. The fraction of sp³-hybridized carbons (Fsp3) is 0.314. The summed E-state index contributed by atoms with van der Waals surface area (Å²) in [4.78, 5) is 59.3. The Morgan fingerprint density at radius 3 is 2.20 bits per heavy atom. The van der Waals surface area contributed by atoms with Gasteiger partial charge in [-0.05, 0) is 62.1 Å². The number of fused-ring (bicyclic) bond motifs is 4. The average Bonchev–Trinajstić information content (AvgIpc) is 3.41. The number of aromatic hydroxyl groups is 1. The number of anilines is 2. The SMILES string of the molecule is COc1cc(O)c([C@H]2C3=CC[C@@H]4C(=O)N(c5ccc(Cl)cc5)C(=O)[C@@H]4[C@@H]3C[C@H]3C(=O)N(c4ccccc4)C(=O)[C@@]23C)c(OC)c1. The number of hydrogen-bond donors (Lipinski definition) is 1. The summed E-state index contributed by atoms with van der Waals surface area (Å²) in [6.07, 6.45) is 2.40. The number of hydrogen-bond acceptors (Lipinski definition) is 7. The van der Waals surface area contributed by atoms with Crippen LogP contribution in [-0.4, -0.2) is 43.0 Å². The van der Waals surface area contributed by atoms with E-state index in [2.05, 4.69) is 0 Å². The highest BCUT2D eigenvalue weighted by atomic mass is 35.5. The molecule has 2 saturated heterocycles. The maximum absolute atomic E-state index is 14.6. The zero-order valence-corrected chi connectivity index (χ0v) is 25.7. The number of benzene rings is 3. The molecule has 0 unspecified atom stereocenters. The van der Waals surface area contributed by atoms with E-state index in [9.17, 15) is 24.3 Å². The molecule has 2 heterocycles. The maximum Gasteiger partial charge on any atom is 0.241 e. The molecule has 0 spiro atoms. The lowest BCUT2D eigenvalue weighted by atomic mass is 9.51. The summed E-state index contributed by atoms with van der Waals surface area (Å²) in [7, 11) is 2.93. The van der Waals surface area contributed by atoms with Crippen molar-refractivity contribution >= 4 is 46.6 Å². The zero-order valence-electron chi connectivity index (χ0n) is 24.9. The van der Waals surface area contributed by atoms with E-state index >= 15 is 0 Å². The number of methoxy groups -OCH3 is 2. The van der Waals surface area contributed by atoms with Crippen molar-refractivity contribution in [2.45, 2.75) is 25.7 Å². The second-order valence-electron chi connectivity index (χ2n) is 12.2. The molecular formula is C35H31ClN2O7. The van der Waals surface area contributed by atoms with Crippen molar-refractivity contribution < 1.29 is 33.8 Å². The quantitative estimate of drug-likeness (QED) is 0.294. The van der Waals surface area contributed by atoms with Crippen molar-refractivity contribution in [2.24, 2.45) is 29.1 Å². The Morgan fingerprint density at radius 1 is 0.844 bits per heavy atom. The van der Waals surface area contributed by atoms with E-state index in [1.807, 2.05) is 6.08 Å². The first-order valence-corrected chi connectivity index (χ1v) is 15.2. The first-order valence-electron chi connectivity index (χ1n) is 14.8. The monoisotopic (exact) mass is 626 g/mol. The van der Waals surface area contributed by atoms with E-state index < -0.39 is 40.9 Å². The lowest BCUT2D eigenvalue weighted by Gasteiger charge is -2.49. The molecule has 6 atom stereocenters. The number of halogens is 1. The van der Waals surface area contributed by atoms with Crippen LogP contribution in [0.1, 0.15) is 31.2 Å². The summed E-state index contributed by atoms with van der Waals surface area (Å²) >= 11 is 6.08. The summed E-state index contributed by atoms with van der Waals surface area (Å²) in [6, 6.07) is 18.4. The third kappa shape index (κ3) is 4.06. The summed E-state index contributed by atoms with van der Waals surface area (Å²) in [6.45, 7) is 1.76. The summed E-state index contributed by atoms with van der Waals surface area (Å²) in [5, 5.41) is 12.0. The van der Waals surface area contributed by atoms with E-state index in [4.69, 9.17) is 21.1 Å². The molecule has 0 aromatic heterocycles. The van der Waals surface area contributed by atoms with Gasteiger partial charge in [0, 0.05) is 28.6 Å². The molecule has 3 aromatic rings. The molecule has 7 rings (SSSR count). The first kappa shape index (κ1) is 29.1. The van der Waals surface area contributed by atoms with Crippen molar-refractivity contribution in [2.75, 3.05) is 24.0 Å².